The van der Waals surface area contributed by atoms with Crippen molar-refractivity contribution in [2.24, 2.45) is 5.92 Å². The number of carbonyl (C=O) groups excluding carboxylic acids is 1. The van der Waals surface area contributed by atoms with E-state index in [1.165, 1.54) is 0 Å². The summed E-state index contributed by atoms with van der Waals surface area (Å²) in [5.74, 6) is 0.463. The third-order valence-corrected chi connectivity index (χ3v) is 1.98. The normalized spacial score (nSPS) is 12.7. The molecule has 3 heteroatoms. The van der Waals surface area contributed by atoms with Crippen LogP contribution in [0.3, 0.4) is 0 Å². The van der Waals surface area contributed by atoms with Crippen LogP contribution in [0.1, 0.15) is 46.5 Å². The maximum Gasteiger partial charge on any atom is 0.120 e. The summed E-state index contributed by atoms with van der Waals surface area (Å²) < 4.78 is 4.25. The molecular weight excluding hydrogens is 192 g/mol. The molecule has 3 nitrogen and oxygen atoms in total. The van der Waals surface area contributed by atoms with Crippen LogP contribution in [0.2, 0.25) is 0 Å². The molecule has 0 heterocycles. The first-order valence-corrected chi connectivity index (χ1v) is 5.43. The van der Waals surface area contributed by atoms with Gasteiger partial charge in [-0.15, -0.1) is 0 Å². The molecule has 0 saturated carbocycles. The zero-order valence-corrected chi connectivity index (χ0v) is 10.7. The van der Waals surface area contributed by atoms with Gasteiger partial charge in [-0.2, -0.15) is 0 Å². The second-order valence-electron chi connectivity index (χ2n) is 4.62. The minimum absolute atomic E-state index is 0.463. The minimum Gasteiger partial charge on any atom is -0.390 e. The molecule has 0 radical (unpaired) electrons. The van der Waals surface area contributed by atoms with Crippen molar-refractivity contribution in [2.45, 2.75) is 52.1 Å². The van der Waals surface area contributed by atoms with E-state index in [1.54, 1.807) is 14.2 Å². The molecule has 0 fully saturated rings. The Hall–Kier alpha value is -0.410. The van der Waals surface area contributed by atoms with Gasteiger partial charge in [0.2, 0.25) is 0 Å². The first-order valence-electron chi connectivity index (χ1n) is 5.43. The number of carbonyl (C=O) groups is 1. The van der Waals surface area contributed by atoms with Crippen LogP contribution in [-0.4, -0.2) is 31.2 Å². The molecule has 0 amide bonds. The van der Waals surface area contributed by atoms with Crippen LogP contribution in [0.25, 0.3) is 0 Å². The Labute approximate surface area is 93.8 Å². The second-order valence-corrected chi connectivity index (χ2v) is 4.62. The highest BCUT2D eigenvalue weighted by Gasteiger charge is 2.12. The van der Waals surface area contributed by atoms with E-state index in [-0.39, 0.29) is 0 Å². The highest BCUT2D eigenvalue weighted by molar-refractivity contribution is 5.49. The van der Waals surface area contributed by atoms with Gasteiger partial charge in [-0.1, -0.05) is 19.8 Å². The van der Waals surface area contributed by atoms with E-state index in [0.717, 1.165) is 25.5 Å². The molecule has 0 bridgehead atoms. The van der Waals surface area contributed by atoms with Crippen LogP contribution in [0.15, 0.2) is 0 Å². The maximum absolute atomic E-state index is 10.1. The molecule has 1 unspecified atom stereocenters. The molecule has 0 saturated heterocycles. The van der Waals surface area contributed by atoms with Crippen molar-refractivity contribution in [3.63, 3.8) is 0 Å². The Kier molecular flexibility index (Phi) is 11.5. The van der Waals surface area contributed by atoms with Crippen LogP contribution in [0.4, 0.5) is 0 Å². The van der Waals surface area contributed by atoms with Gasteiger partial charge in [0, 0.05) is 20.6 Å². The third-order valence-electron chi connectivity index (χ3n) is 1.98. The van der Waals surface area contributed by atoms with Gasteiger partial charge in [0.15, 0.2) is 0 Å². The van der Waals surface area contributed by atoms with Crippen molar-refractivity contribution in [1.82, 2.24) is 0 Å². The summed E-state index contributed by atoms with van der Waals surface area (Å²) in [6.45, 7) is 5.70. The molecule has 0 rings (SSSR count). The molecule has 92 valence electrons. The fraction of sp³-hybridized carbons (Fsp3) is 0.917. The fourth-order valence-electron chi connectivity index (χ4n) is 1.17. The smallest absolute Gasteiger partial charge is 0.120 e. The van der Waals surface area contributed by atoms with Crippen molar-refractivity contribution in [3.05, 3.63) is 0 Å². The van der Waals surface area contributed by atoms with Crippen molar-refractivity contribution in [3.8, 4) is 0 Å². The van der Waals surface area contributed by atoms with Gasteiger partial charge in [-0.3, -0.25) is 0 Å². The summed E-state index contributed by atoms with van der Waals surface area (Å²) in [7, 11) is 3.25. The van der Waals surface area contributed by atoms with E-state index >= 15 is 0 Å². The summed E-state index contributed by atoms with van der Waals surface area (Å²) in [4.78, 5) is 10.1. The fourth-order valence-corrected chi connectivity index (χ4v) is 1.17. The van der Waals surface area contributed by atoms with Gasteiger partial charge < -0.3 is 14.6 Å². The van der Waals surface area contributed by atoms with E-state index in [4.69, 9.17) is 0 Å². The third kappa shape index (κ3) is 19.8. The van der Waals surface area contributed by atoms with Gasteiger partial charge in [0.25, 0.3) is 0 Å². The second kappa shape index (κ2) is 10.1. The summed E-state index contributed by atoms with van der Waals surface area (Å²) in [5.41, 5.74) is -0.555. The topological polar surface area (TPSA) is 46.5 Å². The lowest BCUT2D eigenvalue weighted by atomic mass is 9.96. The minimum atomic E-state index is -0.555. The molecule has 0 spiro atoms. The number of hydrogen-bond donors (Lipinski definition) is 1. The monoisotopic (exact) mass is 218 g/mol. The number of rotatable bonds is 6. The summed E-state index contributed by atoms with van der Waals surface area (Å²) in [6, 6.07) is 0. The number of ether oxygens (including phenoxy) is 1. The predicted octanol–water partition coefficient (Wildman–Crippen LogP) is 2.42. The molecule has 0 aliphatic carbocycles. The molecule has 0 aromatic rings. The highest BCUT2D eigenvalue weighted by atomic mass is 16.4. The van der Waals surface area contributed by atoms with Crippen LogP contribution < -0.4 is 0 Å². The SMILES string of the molecule is CC(CC=O)CCCC(C)(C)O.COC. The Morgan fingerprint density at radius 2 is 1.87 bits per heavy atom. The molecule has 15 heavy (non-hydrogen) atoms. The van der Waals surface area contributed by atoms with Gasteiger partial charge in [-0.25, -0.2) is 0 Å². The zero-order valence-electron chi connectivity index (χ0n) is 10.7. The summed E-state index contributed by atoms with van der Waals surface area (Å²) in [5, 5.41) is 9.39. The first kappa shape index (κ1) is 17.0. The van der Waals surface area contributed by atoms with E-state index in [1.807, 2.05) is 13.8 Å². The Balaban J connectivity index is 0. The van der Waals surface area contributed by atoms with Crippen molar-refractivity contribution < 1.29 is 14.6 Å². The van der Waals surface area contributed by atoms with Gasteiger partial charge in [0.1, 0.15) is 6.29 Å². The Morgan fingerprint density at radius 3 is 2.20 bits per heavy atom. The van der Waals surface area contributed by atoms with Crippen molar-refractivity contribution in [1.29, 1.82) is 0 Å². The van der Waals surface area contributed by atoms with Crippen LogP contribution >= 0.6 is 0 Å². The van der Waals surface area contributed by atoms with Gasteiger partial charge >= 0.3 is 0 Å². The van der Waals surface area contributed by atoms with E-state index in [2.05, 4.69) is 11.7 Å². The number of methoxy groups -OCH3 is 1. The largest absolute Gasteiger partial charge is 0.390 e. The average molecular weight is 218 g/mol. The van der Waals surface area contributed by atoms with Gasteiger partial charge in [0.05, 0.1) is 5.60 Å². The molecule has 0 aromatic heterocycles. The highest BCUT2D eigenvalue weighted by Crippen LogP contribution is 2.16. The first-order chi connectivity index (χ1) is 6.87. The molecular formula is C12H26O3. The average Bonchev–Trinajstić information content (AvgIpc) is 2.03. The Bertz CT molecular complexity index is 138. The lowest BCUT2D eigenvalue weighted by molar-refractivity contribution is -0.108. The van der Waals surface area contributed by atoms with Crippen LogP contribution in [0, 0.1) is 5.92 Å². The van der Waals surface area contributed by atoms with E-state index in [0.29, 0.717) is 12.3 Å². The van der Waals surface area contributed by atoms with Crippen molar-refractivity contribution in [2.75, 3.05) is 14.2 Å². The molecule has 1 atom stereocenters. The molecule has 0 aromatic carbocycles. The molecule has 0 aliphatic heterocycles. The van der Waals surface area contributed by atoms with Crippen LogP contribution in [0.5, 0.6) is 0 Å². The van der Waals surface area contributed by atoms with Gasteiger partial charge in [-0.05, 0) is 26.2 Å². The van der Waals surface area contributed by atoms with E-state index in [9.17, 15) is 9.90 Å². The standard InChI is InChI=1S/C10H20O2.C2H6O/c1-9(6-8-11)5-4-7-10(2,3)12;1-3-2/h8-9,12H,4-7H2,1-3H3;1-2H3. The summed E-state index contributed by atoms with van der Waals surface area (Å²) in [6.07, 6.45) is 4.46. The lowest BCUT2D eigenvalue weighted by Crippen LogP contribution is -2.18. The predicted molar refractivity (Wildman–Crippen MR) is 62.9 cm³/mol. The zero-order chi connectivity index (χ0) is 12.3. The summed E-state index contributed by atoms with van der Waals surface area (Å²) >= 11 is 0. The quantitative estimate of drug-likeness (QED) is 0.696. The molecule has 0 aliphatic rings. The Morgan fingerprint density at radius 1 is 1.40 bits per heavy atom. The maximum atomic E-state index is 10.1. The number of hydrogen-bond acceptors (Lipinski definition) is 3. The van der Waals surface area contributed by atoms with Crippen LogP contribution in [-0.2, 0) is 9.53 Å². The lowest BCUT2D eigenvalue weighted by Gasteiger charge is -2.17. The number of aliphatic hydroxyl groups is 1. The number of aldehydes is 1. The molecule has 1 N–H and O–H groups in total. The van der Waals surface area contributed by atoms with Crippen molar-refractivity contribution >= 4 is 6.29 Å². The van der Waals surface area contributed by atoms with E-state index < -0.39 is 5.60 Å².